The van der Waals surface area contributed by atoms with Crippen LogP contribution in [-0.2, 0) is 0 Å². The predicted molar refractivity (Wildman–Crippen MR) is 74.5 cm³/mol. The Morgan fingerprint density at radius 3 is 2.71 bits per heavy atom. The Balaban J connectivity index is 1.79. The number of hydrogen-bond donors (Lipinski definition) is 2. The summed E-state index contributed by atoms with van der Waals surface area (Å²) in [5.41, 5.74) is 2.55. The number of nitrogens with one attached hydrogen (secondary N) is 2. The lowest BCUT2D eigenvalue weighted by molar-refractivity contribution is 0.371. The van der Waals surface area contributed by atoms with Gasteiger partial charge in [-0.15, -0.1) is 0 Å². The van der Waals surface area contributed by atoms with Gasteiger partial charge in [0.1, 0.15) is 0 Å². The number of piperidine rings is 1. The van der Waals surface area contributed by atoms with Crippen LogP contribution in [0.25, 0.3) is 0 Å². The van der Waals surface area contributed by atoms with E-state index in [1.54, 1.807) is 0 Å². The lowest BCUT2D eigenvalue weighted by Crippen LogP contribution is -2.37. The second-order valence-electron chi connectivity index (χ2n) is 5.29. The van der Waals surface area contributed by atoms with Crippen molar-refractivity contribution in [1.82, 2.24) is 5.32 Å². The Labute approximate surface area is 105 Å². The summed E-state index contributed by atoms with van der Waals surface area (Å²) in [7, 11) is 0. The molecular weight excluding hydrogens is 208 g/mol. The van der Waals surface area contributed by atoms with Crippen molar-refractivity contribution in [3.8, 4) is 0 Å². The molecule has 2 rings (SSSR count). The monoisotopic (exact) mass is 232 g/mol. The van der Waals surface area contributed by atoms with E-state index in [2.05, 4.69) is 48.7 Å². The van der Waals surface area contributed by atoms with E-state index in [9.17, 15) is 0 Å². The third kappa shape index (κ3) is 4.04. The Hall–Kier alpha value is -1.02. The average molecular weight is 232 g/mol. The summed E-state index contributed by atoms with van der Waals surface area (Å²) in [4.78, 5) is 0. The highest BCUT2D eigenvalue weighted by atomic mass is 15.0. The van der Waals surface area contributed by atoms with Crippen LogP contribution in [0.1, 0.15) is 38.2 Å². The van der Waals surface area contributed by atoms with Crippen LogP contribution >= 0.6 is 0 Å². The average Bonchev–Trinajstić information content (AvgIpc) is 2.33. The van der Waals surface area contributed by atoms with Gasteiger partial charge >= 0.3 is 0 Å². The van der Waals surface area contributed by atoms with Gasteiger partial charge in [0.05, 0.1) is 0 Å². The van der Waals surface area contributed by atoms with E-state index >= 15 is 0 Å². The number of aryl methyl sites for hydroxylation is 1. The van der Waals surface area contributed by atoms with Gasteiger partial charge in [0.2, 0.25) is 0 Å². The quantitative estimate of drug-likeness (QED) is 0.832. The maximum Gasteiger partial charge on any atom is 0.0342 e. The van der Waals surface area contributed by atoms with E-state index in [0.29, 0.717) is 12.1 Å². The standard InChI is InChI=1S/C15H24N2/c1-12-6-8-14(9-7-12)17-13(2)11-15-5-3-4-10-16-15/h6-9,13,15-17H,3-5,10-11H2,1-2H3. The van der Waals surface area contributed by atoms with Crippen molar-refractivity contribution < 1.29 is 0 Å². The first-order valence-electron chi connectivity index (χ1n) is 6.80. The number of anilines is 1. The molecule has 2 unspecified atom stereocenters. The van der Waals surface area contributed by atoms with Crippen LogP contribution in [0.15, 0.2) is 24.3 Å². The fraction of sp³-hybridized carbons (Fsp3) is 0.600. The van der Waals surface area contributed by atoms with Crippen LogP contribution in [-0.4, -0.2) is 18.6 Å². The van der Waals surface area contributed by atoms with E-state index in [0.717, 1.165) is 0 Å². The second-order valence-corrected chi connectivity index (χ2v) is 5.29. The molecule has 2 atom stereocenters. The number of hydrogen-bond acceptors (Lipinski definition) is 2. The van der Waals surface area contributed by atoms with E-state index in [1.165, 1.54) is 43.5 Å². The summed E-state index contributed by atoms with van der Waals surface area (Å²) in [5.74, 6) is 0. The molecule has 1 saturated heterocycles. The van der Waals surface area contributed by atoms with Crippen molar-refractivity contribution >= 4 is 5.69 Å². The molecule has 1 fully saturated rings. The molecule has 0 aliphatic carbocycles. The molecular formula is C15H24N2. The third-order valence-corrected chi connectivity index (χ3v) is 3.52. The lowest BCUT2D eigenvalue weighted by atomic mass is 9.98. The first-order chi connectivity index (χ1) is 8.24. The van der Waals surface area contributed by atoms with Crippen LogP contribution in [0, 0.1) is 6.92 Å². The van der Waals surface area contributed by atoms with Crippen LogP contribution in [0.3, 0.4) is 0 Å². The molecule has 0 spiro atoms. The summed E-state index contributed by atoms with van der Waals surface area (Å²) >= 11 is 0. The maximum atomic E-state index is 3.60. The molecule has 1 aromatic carbocycles. The second kappa shape index (κ2) is 6.06. The Morgan fingerprint density at radius 1 is 1.29 bits per heavy atom. The molecule has 94 valence electrons. The van der Waals surface area contributed by atoms with Crippen LogP contribution in [0.5, 0.6) is 0 Å². The minimum absolute atomic E-state index is 0.535. The Morgan fingerprint density at radius 2 is 2.06 bits per heavy atom. The van der Waals surface area contributed by atoms with E-state index in [-0.39, 0.29) is 0 Å². The molecule has 2 N–H and O–H groups in total. The normalized spacial score (nSPS) is 22.1. The molecule has 17 heavy (non-hydrogen) atoms. The van der Waals surface area contributed by atoms with Crippen molar-refractivity contribution in [2.24, 2.45) is 0 Å². The van der Waals surface area contributed by atoms with Crippen molar-refractivity contribution in [2.75, 3.05) is 11.9 Å². The minimum atomic E-state index is 0.535. The van der Waals surface area contributed by atoms with Gasteiger partial charge in [-0.3, -0.25) is 0 Å². The van der Waals surface area contributed by atoms with E-state index in [1.807, 2.05) is 0 Å². The van der Waals surface area contributed by atoms with Gasteiger partial charge < -0.3 is 10.6 Å². The molecule has 0 amide bonds. The third-order valence-electron chi connectivity index (χ3n) is 3.52. The largest absolute Gasteiger partial charge is 0.383 e. The first-order valence-corrected chi connectivity index (χ1v) is 6.80. The lowest BCUT2D eigenvalue weighted by Gasteiger charge is -2.27. The van der Waals surface area contributed by atoms with Gasteiger partial charge in [-0.2, -0.15) is 0 Å². The van der Waals surface area contributed by atoms with Gasteiger partial charge in [0.15, 0.2) is 0 Å². The molecule has 1 aliphatic heterocycles. The summed E-state index contributed by atoms with van der Waals surface area (Å²) < 4.78 is 0. The van der Waals surface area contributed by atoms with Gasteiger partial charge in [-0.25, -0.2) is 0 Å². The molecule has 1 heterocycles. The van der Waals surface area contributed by atoms with Gasteiger partial charge in [-0.05, 0) is 51.8 Å². The first kappa shape index (κ1) is 12.4. The van der Waals surface area contributed by atoms with Crippen molar-refractivity contribution in [3.63, 3.8) is 0 Å². The van der Waals surface area contributed by atoms with E-state index in [4.69, 9.17) is 0 Å². The van der Waals surface area contributed by atoms with Crippen molar-refractivity contribution in [1.29, 1.82) is 0 Å². The molecule has 2 nitrogen and oxygen atoms in total. The van der Waals surface area contributed by atoms with E-state index < -0.39 is 0 Å². The molecule has 0 aromatic heterocycles. The fourth-order valence-electron chi connectivity index (χ4n) is 2.55. The number of rotatable bonds is 4. The molecule has 0 radical (unpaired) electrons. The predicted octanol–water partition coefficient (Wildman–Crippen LogP) is 3.33. The number of benzene rings is 1. The van der Waals surface area contributed by atoms with Gasteiger partial charge in [0.25, 0.3) is 0 Å². The molecule has 0 bridgehead atoms. The highest BCUT2D eigenvalue weighted by Gasteiger charge is 2.15. The summed E-state index contributed by atoms with van der Waals surface area (Å²) in [6, 6.07) is 9.90. The zero-order chi connectivity index (χ0) is 12.1. The molecule has 0 saturated carbocycles. The van der Waals surface area contributed by atoms with Crippen LogP contribution < -0.4 is 10.6 Å². The summed E-state index contributed by atoms with van der Waals surface area (Å²) in [6.07, 6.45) is 5.28. The van der Waals surface area contributed by atoms with Gasteiger partial charge in [0, 0.05) is 17.8 Å². The Kier molecular flexibility index (Phi) is 4.43. The highest BCUT2D eigenvalue weighted by molar-refractivity contribution is 5.45. The van der Waals surface area contributed by atoms with Crippen LogP contribution in [0.2, 0.25) is 0 Å². The maximum absolute atomic E-state index is 3.60. The molecule has 1 aromatic rings. The highest BCUT2D eigenvalue weighted by Crippen LogP contribution is 2.15. The molecule has 1 aliphatic rings. The zero-order valence-electron chi connectivity index (χ0n) is 11.0. The van der Waals surface area contributed by atoms with Crippen LogP contribution in [0.4, 0.5) is 5.69 Å². The smallest absolute Gasteiger partial charge is 0.0342 e. The molecule has 2 heteroatoms. The summed E-state index contributed by atoms with van der Waals surface area (Å²) in [6.45, 7) is 5.59. The topological polar surface area (TPSA) is 24.1 Å². The Bertz CT molecular complexity index is 325. The van der Waals surface area contributed by atoms with Crippen molar-refractivity contribution in [2.45, 2.75) is 51.6 Å². The SMILES string of the molecule is Cc1ccc(NC(C)CC2CCCCN2)cc1. The van der Waals surface area contributed by atoms with Crippen molar-refractivity contribution in [3.05, 3.63) is 29.8 Å². The zero-order valence-corrected chi connectivity index (χ0v) is 11.0. The van der Waals surface area contributed by atoms with Gasteiger partial charge in [-0.1, -0.05) is 24.1 Å². The minimum Gasteiger partial charge on any atom is -0.383 e. The summed E-state index contributed by atoms with van der Waals surface area (Å²) in [5, 5.41) is 7.18. The fourth-order valence-corrected chi connectivity index (χ4v) is 2.55.